The molecule has 0 aliphatic rings. The molecule has 1 aromatic carbocycles. The average molecular weight is 215 g/mol. The molecule has 0 unspecified atom stereocenters. The van der Waals surface area contributed by atoms with E-state index in [4.69, 9.17) is 11.6 Å². The van der Waals surface area contributed by atoms with Crippen LogP contribution < -0.4 is 5.32 Å². The molecule has 0 aliphatic carbocycles. The van der Waals surface area contributed by atoms with Gasteiger partial charge in [0.25, 0.3) is 5.69 Å². The lowest BCUT2D eigenvalue weighted by Crippen LogP contribution is -2.00. The fourth-order valence-corrected chi connectivity index (χ4v) is 1.21. The summed E-state index contributed by atoms with van der Waals surface area (Å²) in [5.41, 5.74) is 0.663. The van der Waals surface area contributed by atoms with Crippen LogP contribution in [0.15, 0.2) is 18.2 Å². The zero-order chi connectivity index (χ0) is 10.6. The van der Waals surface area contributed by atoms with Gasteiger partial charge in [-0.1, -0.05) is 18.5 Å². The maximum Gasteiger partial charge on any atom is 0.271 e. The quantitative estimate of drug-likeness (QED) is 0.619. The lowest BCUT2D eigenvalue weighted by Gasteiger charge is -2.05. The zero-order valence-corrected chi connectivity index (χ0v) is 8.54. The summed E-state index contributed by atoms with van der Waals surface area (Å²) in [7, 11) is 0. The molecule has 1 aromatic rings. The summed E-state index contributed by atoms with van der Waals surface area (Å²) >= 11 is 5.85. The second-order valence-electron chi connectivity index (χ2n) is 2.85. The first-order valence-electron chi connectivity index (χ1n) is 4.33. The summed E-state index contributed by atoms with van der Waals surface area (Å²) in [5, 5.41) is 14.0. The minimum atomic E-state index is -0.437. The van der Waals surface area contributed by atoms with Crippen molar-refractivity contribution in [1.29, 1.82) is 0 Å². The van der Waals surface area contributed by atoms with Crippen LogP contribution in [0.5, 0.6) is 0 Å². The Kier molecular flexibility index (Phi) is 3.71. The third kappa shape index (κ3) is 2.60. The van der Waals surface area contributed by atoms with Gasteiger partial charge >= 0.3 is 0 Å². The molecule has 0 fully saturated rings. The maximum atomic E-state index is 10.5. The van der Waals surface area contributed by atoms with E-state index in [9.17, 15) is 10.1 Å². The van der Waals surface area contributed by atoms with Crippen LogP contribution in [0, 0.1) is 10.1 Å². The summed E-state index contributed by atoms with van der Waals surface area (Å²) in [4.78, 5) is 10.0. The highest BCUT2D eigenvalue weighted by molar-refractivity contribution is 6.33. The summed E-state index contributed by atoms with van der Waals surface area (Å²) in [6.45, 7) is 2.76. The van der Waals surface area contributed by atoms with E-state index in [1.54, 1.807) is 0 Å². The highest BCUT2D eigenvalue weighted by atomic mass is 35.5. The fourth-order valence-electron chi connectivity index (χ4n) is 1.02. The van der Waals surface area contributed by atoms with Gasteiger partial charge in [0.2, 0.25) is 0 Å². The molecule has 76 valence electrons. The number of nitrogens with zero attached hydrogens (tertiary/aromatic N) is 1. The normalized spacial score (nSPS) is 9.86. The van der Waals surface area contributed by atoms with Crippen LogP contribution in [0.25, 0.3) is 0 Å². The third-order valence-electron chi connectivity index (χ3n) is 1.73. The molecule has 4 nitrogen and oxygen atoms in total. The van der Waals surface area contributed by atoms with E-state index in [1.807, 2.05) is 6.92 Å². The van der Waals surface area contributed by atoms with Gasteiger partial charge in [-0.3, -0.25) is 10.1 Å². The number of non-ortho nitro benzene ring substituents is 1. The highest BCUT2D eigenvalue weighted by Crippen LogP contribution is 2.26. The van der Waals surface area contributed by atoms with Crippen LogP contribution >= 0.6 is 11.6 Å². The largest absolute Gasteiger partial charge is 0.384 e. The van der Waals surface area contributed by atoms with Gasteiger partial charge in [0.15, 0.2) is 0 Å². The Labute approximate surface area is 87.0 Å². The average Bonchev–Trinajstić information content (AvgIpc) is 2.16. The molecule has 1 N–H and O–H groups in total. The Morgan fingerprint density at radius 1 is 1.57 bits per heavy atom. The van der Waals surface area contributed by atoms with Crippen molar-refractivity contribution in [2.24, 2.45) is 0 Å². The number of rotatable bonds is 4. The Balaban J connectivity index is 2.90. The van der Waals surface area contributed by atoms with Crippen molar-refractivity contribution in [2.45, 2.75) is 13.3 Å². The molecule has 0 amide bonds. The molecule has 0 radical (unpaired) electrons. The summed E-state index contributed by atoms with van der Waals surface area (Å²) < 4.78 is 0. The number of nitro benzene ring substituents is 1. The topological polar surface area (TPSA) is 55.2 Å². The Hall–Kier alpha value is -1.29. The van der Waals surface area contributed by atoms with Crippen molar-refractivity contribution in [3.63, 3.8) is 0 Å². The van der Waals surface area contributed by atoms with Gasteiger partial charge < -0.3 is 5.32 Å². The number of nitrogens with one attached hydrogen (secondary N) is 1. The smallest absolute Gasteiger partial charge is 0.271 e. The van der Waals surface area contributed by atoms with Crippen molar-refractivity contribution < 1.29 is 4.92 Å². The highest BCUT2D eigenvalue weighted by Gasteiger charge is 2.08. The monoisotopic (exact) mass is 214 g/mol. The molecule has 0 heterocycles. The van der Waals surface area contributed by atoms with E-state index in [0.717, 1.165) is 13.0 Å². The Bertz CT molecular complexity index is 342. The van der Waals surface area contributed by atoms with Crippen molar-refractivity contribution in [3.05, 3.63) is 33.3 Å². The Morgan fingerprint density at radius 2 is 2.29 bits per heavy atom. The molecule has 0 bridgehead atoms. The summed E-state index contributed by atoms with van der Waals surface area (Å²) in [6, 6.07) is 4.36. The number of hydrogen-bond donors (Lipinski definition) is 1. The molecule has 0 aromatic heterocycles. The van der Waals surface area contributed by atoms with Crippen LogP contribution in [0.4, 0.5) is 11.4 Å². The number of halogens is 1. The van der Waals surface area contributed by atoms with Crippen LogP contribution in [-0.2, 0) is 0 Å². The first kappa shape index (κ1) is 10.8. The SMILES string of the molecule is CCCNc1cc([N+](=O)[O-])ccc1Cl. The molecular formula is C9H11ClN2O2. The Morgan fingerprint density at radius 3 is 2.86 bits per heavy atom. The summed E-state index contributed by atoms with van der Waals surface area (Å²) in [5.74, 6) is 0. The van der Waals surface area contributed by atoms with Crippen molar-refractivity contribution >= 4 is 23.0 Å². The van der Waals surface area contributed by atoms with E-state index >= 15 is 0 Å². The lowest BCUT2D eigenvalue weighted by atomic mass is 10.2. The third-order valence-corrected chi connectivity index (χ3v) is 2.06. The van der Waals surface area contributed by atoms with Crippen molar-refractivity contribution in [1.82, 2.24) is 0 Å². The molecule has 14 heavy (non-hydrogen) atoms. The second-order valence-corrected chi connectivity index (χ2v) is 3.26. The van der Waals surface area contributed by atoms with Gasteiger partial charge in [-0.15, -0.1) is 0 Å². The van der Waals surface area contributed by atoms with Crippen LogP contribution in [0.1, 0.15) is 13.3 Å². The molecule has 0 spiro atoms. The number of benzene rings is 1. The van der Waals surface area contributed by atoms with Gasteiger partial charge in [-0.25, -0.2) is 0 Å². The van der Waals surface area contributed by atoms with Gasteiger partial charge in [-0.2, -0.15) is 0 Å². The molecule has 5 heteroatoms. The van der Waals surface area contributed by atoms with Gasteiger partial charge in [-0.05, 0) is 12.5 Å². The minimum Gasteiger partial charge on any atom is -0.384 e. The van der Waals surface area contributed by atoms with Gasteiger partial charge in [0.05, 0.1) is 15.6 Å². The molecule has 0 aliphatic heterocycles. The number of anilines is 1. The molecule has 0 saturated heterocycles. The lowest BCUT2D eigenvalue weighted by molar-refractivity contribution is -0.384. The molecule has 0 atom stereocenters. The minimum absolute atomic E-state index is 0.0491. The fraction of sp³-hybridized carbons (Fsp3) is 0.333. The zero-order valence-electron chi connectivity index (χ0n) is 7.79. The van der Waals surface area contributed by atoms with Crippen LogP contribution in [0.2, 0.25) is 5.02 Å². The molecule has 1 rings (SSSR count). The number of nitro groups is 1. The van der Waals surface area contributed by atoms with Gasteiger partial charge in [0, 0.05) is 18.7 Å². The van der Waals surface area contributed by atoms with E-state index in [2.05, 4.69) is 5.32 Å². The van der Waals surface area contributed by atoms with Crippen molar-refractivity contribution in [3.8, 4) is 0 Å². The van der Waals surface area contributed by atoms with E-state index in [1.165, 1.54) is 18.2 Å². The van der Waals surface area contributed by atoms with E-state index in [0.29, 0.717) is 10.7 Å². The van der Waals surface area contributed by atoms with E-state index < -0.39 is 4.92 Å². The maximum absolute atomic E-state index is 10.5. The van der Waals surface area contributed by atoms with Crippen LogP contribution in [0.3, 0.4) is 0 Å². The first-order chi connectivity index (χ1) is 6.65. The predicted octanol–water partition coefficient (Wildman–Crippen LogP) is 3.07. The van der Waals surface area contributed by atoms with Crippen molar-refractivity contribution in [2.75, 3.05) is 11.9 Å². The first-order valence-corrected chi connectivity index (χ1v) is 4.70. The predicted molar refractivity (Wildman–Crippen MR) is 56.9 cm³/mol. The number of hydrogen-bond acceptors (Lipinski definition) is 3. The van der Waals surface area contributed by atoms with E-state index in [-0.39, 0.29) is 5.69 Å². The molecular weight excluding hydrogens is 204 g/mol. The standard InChI is InChI=1S/C9H11ClN2O2/c1-2-5-11-9-6-7(12(13)14)3-4-8(9)10/h3-4,6,11H,2,5H2,1H3. The summed E-state index contributed by atoms with van der Waals surface area (Å²) in [6.07, 6.45) is 0.943. The molecule has 0 saturated carbocycles. The van der Waals surface area contributed by atoms with Crippen LogP contribution in [-0.4, -0.2) is 11.5 Å². The van der Waals surface area contributed by atoms with Gasteiger partial charge in [0.1, 0.15) is 0 Å². The second kappa shape index (κ2) is 4.81.